The predicted molar refractivity (Wildman–Crippen MR) is 93.9 cm³/mol. The summed E-state index contributed by atoms with van der Waals surface area (Å²) in [6.45, 7) is 2.24. The number of fused-ring (bicyclic) bond motifs is 1. The molecule has 0 atom stereocenters. The lowest BCUT2D eigenvalue weighted by atomic mass is 10.1. The molecule has 0 saturated carbocycles. The Hall–Kier alpha value is -2.14. The van der Waals surface area contributed by atoms with Crippen molar-refractivity contribution in [2.45, 2.75) is 37.6 Å². The maximum Gasteiger partial charge on any atom is 0.251 e. The Labute approximate surface area is 142 Å². The molecule has 2 aromatic rings. The van der Waals surface area contributed by atoms with E-state index in [9.17, 15) is 13.2 Å². The first-order valence-electron chi connectivity index (χ1n) is 8.04. The molecule has 1 aliphatic carbocycles. The van der Waals surface area contributed by atoms with Crippen molar-refractivity contribution in [1.29, 1.82) is 0 Å². The molecule has 0 saturated heterocycles. The molecule has 0 aromatic heterocycles. The topological polar surface area (TPSA) is 63.2 Å². The van der Waals surface area contributed by atoms with E-state index in [1.807, 2.05) is 6.07 Å². The second kappa shape index (κ2) is 6.40. The van der Waals surface area contributed by atoms with Crippen molar-refractivity contribution in [3.63, 3.8) is 0 Å². The van der Waals surface area contributed by atoms with E-state index in [1.54, 1.807) is 13.0 Å². The van der Waals surface area contributed by atoms with Gasteiger partial charge in [0.15, 0.2) is 9.84 Å². The average Bonchev–Trinajstić information content (AvgIpc) is 2.99. The van der Waals surface area contributed by atoms with Gasteiger partial charge in [0.05, 0.1) is 4.90 Å². The summed E-state index contributed by atoms with van der Waals surface area (Å²) < 4.78 is 23.3. The maximum absolute atomic E-state index is 12.4. The summed E-state index contributed by atoms with van der Waals surface area (Å²) in [5.41, 5.74) is 5.01. The Morgan fingerprint density at radius 3 is 2.58 bits per heavy atom. The van der Waals surface area contributed by atoms with Gasteiger partial charge in [-0.25, -0.2) is 8.42 Å². The monoisotopic (exact) mass is 343 g/mol. The van der Waals surface area contributed by atoms with Crippen molar-refractivity contribution >= 4 is 15.7 Å². The van der Waals surface area contributed by atoms with E-state index in [0.717, 1.165) is 30.2 Å². The molecule has 0 unspecified atom stereocenters. The van der Waals surface area contributed by atoms with Gasteiger partial charge in [0, 0.05) is 18.4 Å². The third-order valence-electron chi connectivity index (χ3n) is 4.50. The molecular formula is C19H21NO3S. The highest BCUT2D eigenvalue weighted by atomic mass is 32.2. The quantitative estimate of drug-likeness (QED) is 0.928. The van der Waals surface area contributed by atoms with Crippen molar-refractivity contribution in [2.24, 2.45) is 0 Å². The highest BCUT2D eigenvalue weighted by molar-refractivity contribution is 7.90. The minimum atomic E-state index is -3.33. The molecule has 1 amide bonds. The van der Waals surface area contributed by atoms with Gasteiger partial charge in [0.2, 0.25) is 0 Å². The lowest BCUT2D eigenvalue weighted by Gasteiger charge is -2.10. The molecule has 1 N–H and O–H groups in total. The number of hydrogen-bond donors (Lipinski definition) is 1. The van der Waals surface area contributed by atoms with Gasteiger partial charge in [-0.1, -0.05) is 24.3 Å². The molecule has 0 spiro atoms. The second-order valence-corrected chi connectivity index (χ2v) is 8.40. The predicted octanol–water partition coefficient (Wildman–Crippen LogP) is 2.82. The Balaban J connectivity index is 1.75. The van der Waals surface area contributed by atoms with Crippen molar-refractivity contribution < 1.29 is 13.2 Å². The van der Waals surface area contributed by atoms with Crippen LogP contribution in [0.2, 0.25) is 0 Å². The van der Waals surface area contributed by atoms with Crippen LogP contribution in [0, 0.1) is 6.92 Å². The maximum atomic E-state index is 12.4. The van der Waals surface area contributed by atoms with Gasteiger partial charge in [-0.3, -0.25) is 4.79 Å². The van der Waals surface area contributed by atoms with Crippen LogP contribution in [0.15, 0.2) is 41.3 Å². The van der Waals surface area contributed by atoms with E-state index in [0.29, 0.717) is 12.1 Å². The zero-order valence-electron chi connectivity index (χ0n) is 13.9. The summed E-state index contributed by atoms with van der Waals surface area (Å²) in [7, 11) is -3.33. The molecule has 0 fully saturated rings. The third-order valence-corrected chi connectivity index (χ3v) is 5.61. The van der Waals surface area contributed by atoms with Crippen LogP contribution < -0.4 is 5.32 Å². The van der Waals surface area contributed by atoms with Gasteiger partial charge in [0.25, 0.3) is 5.91 Å². The van der Waals surface area contributed by atoms with Crippen LogP contribution in [-0.2, 0) is 29.2 Å². The molecule has 0 aliphatic heterocycles. The molecule has 5 heteroatoms. The molecule has 0 bridgehead atoms. The van der Waals surface area contributed by atoms with Crippen molar-refractivity contribution in [2.75, 3.05) is 6.26 Å². The molecule has 4 nitrogen and oxygen atoms in total. The Morgan fingerprint density at radius 2 is 1.83 bits per heavy atom. The van der Waals surface area contributed by atoms with E-state index in [2.05, 4.69) is 17.4 Å². The third kappa shape index (κ3) is 3.51. The van der Waals surface area contributed by atoms with E-state index in [4.69, 9.17) is 0 Å². The molecule has 3 rings (SSSR count). The number of sulfone groups is 1. The number of rotatable bonds is 4. The van der Waals surface area contributed by atoms with E-state index in [-0.39, 0.29) is 10.8 Å². The number of aryl methyl sites for hydroxylation is 3. The van der Waals surface area contributed by atoms with Gasteiger partial charge in [-0.05, 0) is 60.6 Å². The van der Waals surface area contributed by atoms with Crippen LogP contribution in [0.1, 0.15) is 39.0 Å². The summed E-state index contributed by atoms with van der Waals surface area (Å²) in [5.74, 6) is -0.251. The molecule has 0 radical (unpaired) electrons. The normalized spacial score (nSPS) is 13.6. The summed E-state index contributed by atoms with van der Waals surface area (Å²) >= 11 is 0. The lowest BCUT2D eigenvalue weighted by molar-refractivity contribution is 0.0950. The van der Waals surface area contributed by atoms with Crippen LogP contribution in [0.5, 0.6) is 0 Å². The highest BCUT2D eigenvalue weighted by Crippen LogP contribution is 2.23. The fourth-order valence-electron chi connectivity index (χ4n) is 3.09. The molecule has 0 heterocycles. The van der Waals surface area contributed by atoms with Crippen molar-refractivity contribution in [3.05, 3.63) is 64.2 Å². The van der Waals surface area contributed by atoms with Gasteiger partial charge < -0.3 is 5.32 Å². The van der Waals surface area contributed by atoms with E-state index in [1.165, 1.54) is 29.7 Å². The van der Waals surface area contributed by atoms with Gasteiger partial charge in [-0.2, -0.15) is 0 Å². The Kier molecular flexibility index (Phi) is 4.45. The Bertz CT molecular complexity index is 901. The summed E-state index contributed by atoms with van der Waals surface area (Å²) in [5, 5.41) is 2.89. The SMILES string of the molecule is Cc1ccc(S(C)(=O)=O)cc1C(=O)NCc1ccc2c(c1)CCC2. The van der Waals surface area contributed by atoms with Crippen LogP contribution in [-0.4, -0.2) is 20.6 Å². The van der Waals surface area contributed by atoms with Crippen LogP contribution in [0.25, 0.3) is 0 Å². The molecule has 2 aromatic carbocycles. The second-order valence-electron chi connectivity index (χ2n) is 6.39. The Morgan fingerprint density at radius 1 is 1.08 bits per heavy atom. The fourth-order valence-corrected chi connectivity index (χ4v) is 3.74. The zero-order chi connectivity index (χ0) is 17.3. The first kappa shape index (κ1) is 16.7. The first-order valence-corrected chi connectivity index (χ1v) is 9.93. The van der Waals surface area contributed by atoms with Crippen LogP contribution in [0.4, 0.5) is 0 Å². The number of hydrogen-bond acceptors (Lipinski definition) is 3. The van der Waals surface area contributed by atoms with Gasteiger partial charge in [0.1, 0.15) is 0 Å². The van der Waals surface area contributed by atoms with Crippen LogP contribution >= 0.6 is 0 Å². The molecule has 126 valence electrons. The fraction of sp³-hybridized carbons (Fsp3) is 0.316. The zero-order valence-corrected chi connectivity index (χ0v) is 14.7. The lowest BCUT2D eigenvalue weighted by Crippen LogP contribution is -2.24. The minimum absolute atomic E-state index is 0.163. The largest absolute Gasteiger partial charge is 0.348 e. The highest BCUT2D eigenvalue weighted by Gasteiger charge is 2.15. The van der Waals surface area contributed by atoms with Crippen molar-refractivity contribution in [1.82, 2.24) is 5.32 Å². The number of nitrogens with one attached hydrogen (secondary N) is 1. The standard InChI is InChI=1S/C19H21NO3S/c1-13-6-9-17(24(2,22)23)11-18(13)19(21)20-12-14-7-8-15-4-3-5-16(15)10-14/h6-11H,3-5,12H2,1-2H3,(H,20,21). The minimum Gasteiger partial charge on any atom is -0.348 e. The molecular weight excluding hydrogens is 322 g/mol. The first-order chi connectivity index (χ1) is 11.3. The van der Waals surface area contributed by atoms with Gasteiger partial charge in [-0.15, -0.1) is 0 Å². The number of carbonyl (C=O) groups excluding carboxylic acids is 1. The molecule has 1 aliphatic rings. The number of benzene rings is 2. The number of carbonyl (C=O) groups is 1. The molecule has 24 heavy (non-hydrogen) atoms. The number of amides is 1. The van der Waals surface area contributed by atoms with Crippen LogP contribution in [0.3, 0.4) is 0 Å². The van der Waals surface area contributed by atoms with E-state index < -0.39 is 9.84 Å². The van der Waals surface area contributed by atoms with Gasteiger partial charge >= 0.3 is 0 Å². The average molecular weight is 343 g/mol. The smallest absolute Gasteiger partial charge is 0.251 e. The van der Waals surface area contributed by atoms with Crippen molar-refractivity contribution in [3.8, 4) is 0 Å². The van der Waals surface area contributed by atoms with E-state index >= 15 is 0 Å². The summed E-state index contributed by atoms with van der Waals surface area (Å²) in [6, 6.07) is 11.0. The summed E-state index contributed by atoms with van der Waals surface area (Å²) in [6.07, 6.45) is 4.58. The summed E-state index contributed by atoms with van der Waals surface area (Å²) in [4.78, 5) is 12.6.